The Bertz CT molecular complexity index is 1150. The third-order valence-electron chi connectivity index (χ3n) is 6.55. The van der Waals surface area contributed by atoms with Gasteiger partial charge < -0.3 is 19.5 Å². The number of benzene rings is 2. The van der Waals surface area contributed by atoms with Crippen LogP contribution in [0.1, 0.15) is 50.5 Å². The van der Waals surface area contributed by atoms with E-state index in [1.165, 1.54) is 0 Å². The molecule has 1 aliphatic rings. The Labute approximate surface area is 205 Å². The Morgan fingerprint density at radius 2 is 1.91 bits per heavy atom. The lowest BCUT2D eigenvalue weighted by Gasteiger charge is -2.22. The molecule has 2 N–H and O–H groups in total. The van der Waals surface area contributed by atoms with E-state index in [0.717, 1.165) is 53.5 Å². The minimum atomic E-state index is -0.760. The average molecular weight is 476 g/mol. The number of hydrogen-bond acceptors (Lipinski definition) is 4. The zero-order chi connectivity index (χ0) is 24.6. The number of fused-ring (bicyclic) bond motifs is 1. The second-order valence-electron chi connectivity index (χ2n) is 9.26. The van der Waals surface area contributed by atoms with Gasteiger partial charge in [0.1, 0.15) is 11.3 Å². The minimum absolute atomic E-state index is 0.0121. The van der Waals surface area contributed by atoms with Crippen molar-refractivity contribution in [2.45, 2.75) is 63.5 Å². The highest BCUT2D eigenvalue weighted by molar-refractivity contribution is 5.82. The number of carboxylic acid groups (broad SMARTS) is 1. The Morgan fingerprint density at radius 1 is 1.09 bits per heavy atom. The monoisotopic (exact) mass is 475 g/mol. The van der Waals surface area contributed by atoms with Crippen LogP contribution in [0.15, 0.2) is 71.2 Å². The predicted molar refractivity (Wildman–Crippen MR) is 136 cm³/mol. The molecule has 35 heavy (non-hydrogen) atoms. The zero-order valence-corrected chi connectivity index (χ0v) is 19.9. The number of carbonyl (C=O) groups is 2. The lowest BCUT2D eigenvalue weighted by Crippen LogP contribution is -2.32. The van der Waals surface area contributed by atoms with Gasteiger partial charge in [-0.2, -0.15) is 0 Å². The van der Waals surface area contributed by atoms with E-state index in [1.54, 1.807) is 6.08 Å². The molecule has 1 amide bonds. The van der Waals surface area contributed by atoms with Gasteiger partial charge in [-0.05, 0) is 43.0 Å². The van der Waals surface area contributed by atoms with Crippen LogP contribution >= 0.6 is 0 Å². The van der Waals surface area contributed by atoms with Crippen molar-refractivity contribution in [3.8, 4) is 11.3 Å². The third kappa shape index (κ3) is 6.83. The Hall–Kier alpha value is -3.38. The highest BCUT2D eigenvalue weighted by atomic mass is 16.4. The van der Waals surface area contributed by atoms with Gasteiger partial charge in [-0.25, -0.2) is 0 Å². The van der Waals surface area contributed by atoms with Crippen LogP contribution in [0.4, 0.5) is 0 Å². The molecule has 2 heterocycles. The van der Waals surface area contributed by atoms with Gasteiger partial charge in [0.15, 0.2) is 0 Å². The fraction of sp³-hybridized carbons (Fsp3) is 0.379. The third-order valence-corrected chi connectivity index (χ3v) is 6.55. The zero-order valence-electron chi connectivity index (χ0n) is 19.9. The summed E-state index contributed by atoms with van der Waals surface area (Å²) in [4.78, 5) is 24.8. The number of aliphatic hydroxyl groups excluding tert-OH is 1. The van der Waals surface area contributed by atoms with E-state index in [1.807, 2.05) is 65.6 Å². The van der Waals surface area contributed by atoms with Crippen LogP contribution in [0.2, 0.25) is 0 Å². The topological polar surface area (TPSA) is 91.0 Å². The number of furan rings is 1. The molecule has 0 aliphatic carbocycles. The average Bonchev–Trinajstić information content (AvgIpc) is 3.43. The Balaban J connectivity index is 1.30. The largest absolute Gasteiger partial charge is 0.481 e. The van der Waals surface area contributed by atoms with E-state index >= 15 is 0 Å². The Morgan fingerprint density at radius 3 is 2.74 bits per heavy atom. The lowest BCUT2D eigenvalue weighted by atomic mass is 10.0. The molecule has 184 valence electrons. The van der Waals surface area contributed by atoms with Crippen LogP contribution in [-0.4, -0.2) is 45.7 Å². The molecule has 0 unspecified atom stereocenters. The maximum absolute atomic E-state index is 12.3. The van der Waals surface area contributed by atoms with Crippen molar-refractivity contribution in [3.05, 3.63) is 72.3 Å². The molecule has 3 aromatic rings. The van der Waals surface area contributed by atoms with Crippen LogP contribution in [0, 0.1) is 0 Å². The molecular formula is C29H33NO5. The molecule has 1 saturated heterocycles. The molecule has 1 aliphatic heterocycles. The lowest BCUT2D eigenvalue weighted by molar-refractivity contribution is -0.137. The molecule has 4 rings (SSSR count). The summed E-state index contributed by atoms with van der Waals surface area (Å²) in [6.45, 7) is 0.677. The van der Waals surface area contributed by atoms with Gasteiger partial charge in [-0.3, -0.25) is 9.59 Å². The van der Waals surface area contributed by atoms with Crippen molar-refractivity contribution >= 4 is 22.8 Å². The molecule has 0 spiro atoms. The number of likely N-dealkylation sites (tertiary alicyclic amines) is 1. The summed E-state index contributed by atoms with van der Waals surface area (Å²) < 4.78 is 5.98. The molecule has 2 aromatic carbocycles. The summed E-state index contributed by atoms with van der Waals surface area (Å²) in [5.41, 5.74) is 2.85. The highest BCUT2D eigenvalue weighted by Crippen LogP contribution is 2.28. The number of amides is 1. The van der Waals surface area contributed by atoms with Crippen LogP contribution in [-0.2, 0) is 16.0 Å². The van der Waals surface area contributed by atoms with Gasteiger partial charge in [-0.15, -0.1) is 0 Å². The summed E-state index contributed by atoms with van der Waals surface area (Å²) in [7, 11) is 0. The number of aliphatic carboxylic acids is 1. The molecular weight excluding hydrogens is 442 g/mol. The van der Waals surface area contributed by atoms with Gasteiger partial charge in [0.25, 0.3) is 0 Å². The summed E-state index contributed by atoms with van der Waals surface area (Å²) in [6, 6.07) is 18.0. The first-order chi connectivity index (χ1) is 17.0. The number of aliphatic hydroxyl groups is 1. The maximum Gasteiger partial charge on any atom is 0.303 e. The summed E-state index contributed by atoms with van der Waals surface area (Å²) in [5, 5.41) is 20.4. The molecule has 2 atom stereocenters. The van der Waals surface area contributed by atoms with Crippen LogP contribution in [0.3, 0.4) is 0 Å². The van der Waals surface area contributed by atoms with E-state index in [-0.39, 0.29) is 18.4 Å². The van der Waals surface area contributed by atoms with E-state index in [4.69, 9.17) is 9.52 Å². The summed E-state index contributed by atoms with van der Waals surface area (Å²) >= 11 is 0. The van der Waals surface area contributed by atoms with Gasteiger partial charge in [0.2, 0.25) is 5.91 Å². The molecule has 1 fully saturated rings. The fourth-order valence-electron chi connectivity index (χ4n) is 4.70. The van der Waals surface area contributed by atoms with Gasteiger partial charge in [-0.1, -0.05) is 61.4 Å². The van der Waals surface area contributed by atoms with Gasteiger partial charge >= 0.3 is 5.97 Å². The number of rotatable bonds is 12. The Kier molecular flexibility index (Phi) is 8.37. The van der Waals surface area contributed by atoms with E-state index in [2.05, 4.69) is 0 Å². The van der Waals surface area contributed by atoms with Crippen molar-refractivity contribution < 1.29 is 24.2 Å². The van der Waals surface area contributed by atoms with Crippen LogP contribution in [0.5, 0.6) is 0 Å². The summed E-state index contributed by atoms with van der Waals surface area (Å²) in [6.07, 6.45) is 8.42. The van der Waals surface area contributed by atoms with E-state index in [0.29, 0.717) is 25.8 Å². The number of hydrogen-bond donors (Lipinski definition) is 2. The van der Waals surface area contributed by atoms with Crippen molar-refractivity contribution in [1.29, 1.82) is 0 Å². The first kappa shape index (κ1) is 24.7. The first-order valence-electron chi connectivity index (χ1n) is 12.4. The molecule has 0 saturated carbocycles. The second kappa shape index (κ2) is 11.8. The molecule has 6 nitrogen and oxygen atoms in total. The molecule has 0 radical (unpaired) electrons. The molecule has 0 bridgehead atoms. The number of nitrogens with zero attached hydrogens (tertiary/aromatic N) is 1. The fourth-order valence-corrected chi connectivity index (χ4v) is 4.70. The highest BCUT2D eigenvalue weighted by Gasteiger charge is 2.28. The van der Waals surface area contributed by atoms with Crippen molar-refractivity contribution in [2.75, 3.05) is 6.54 Å². The van der Waals surface area contributed by atoms with E-state index < -0.39 is 12.1 Å². The predicted octanol–water partition coefficient (Wildman–Crippen LogP) is 5.59. The van der Waals surface area contributed by atoms with Crippen molar-refractivity contribution in [2.24, 2.45) is 0 Å². The van der Waals surface area contributed by atoms with Crippen molar-refractivity contribution in [3.63, 3.8) is 0 Å². The molecule has 1 aromatic heterocycles. The number of unbranched alkanes of at least 4 members (excludes halogenated alkanes) is 3. The van der Waals surface area contributed by atoms with Crippen molar-refractivity contribution in [1.82, 2.24) is 4.90 Å². The first-order valence-corrected chi connectivity index (χ1v) is 12.4. The standard InChI is InChI=1S/C29H33NO5/c31-25(15-13-24-14-16-28(32)30(24)17-6-2-1-3-12-29(33)34)19-21-8-7-10-22(18-21)27-20-23-9-4-5-11-26(23)35-27/h4-5,7-11,13,15,18,20,24-25,31H,1-3,6,12,14,16-17,19H2,(H,33,34)/t24-,25+/m0/s1. The second-order valence-corrected chi connectivity index (χ2v) is 9.26. The van der Waals surface area contributed by atoms with E-state index in [9.17, 15) is 14.7 Å². The number of para-hydroxylation sites is 1. The SMILES string of the molecule is O=C(O)CCCCCCN1C(=O)CC[C@@H]1C=C[C@@H](O)Cc1cccc(-c2cc3ccccc3o2)c1. The maximum atomic E-state index is 12.3. The van der Waals surface area contributed by atoms with Gasteiger partial charge in [0.05, 0.1) is 12.1 Å². The normalized spacial score (nSPS) is 17.0. The quantitative estimate of drug-likeness (QED) is 0.263. The van der Waals surface area contributed by atoms with Crippen LogP contribution < -0.4 is 0 Å². The summed E-state index contributed by atoms with van der Waals surface area (Å²) in [5.74, 6) is 0.198. The number of carboxylic acids is 1. The number of carbonyl (C=O) groups excluding carboxylic acids is 1. The van der Waals surface area contributed by atoms with Gasteiger partial charge in [0, 0.05) is 36.8 Å². The molecule has 6 heteroatoms. The minimum Gasteiger partial charge on any atom is -0.481 e. The smallest absolute Gasteiger partial charge is 0.303 e. The van der Waals surface area contributed by atoms with Crippen LogP contribution in [0.25, 0.3) is 22.3 Å².